The van der Waals surface area contributed by atoms with E-state index in [1.54, 1.807) is 6.20 Å². The lowest BCUT2D eigenvalue weighted by Crippen LogP contribution is -2.57. The summed E-state index contributed by atoms with van der Waals surface area (Å²) in [6, 6.07) is 2.25. The second-order valence-corrected chi connectivity index (χ2v) is 5.85. The molecule has 0 aromatic carbocycles. The molecule has 2 atom stereocenters. The van der Waals surface area contributed by atoms with Gasteiger partial charge in [0.15, 0.2) is 0 Å². The molecule has 1 aromatic rings. The smallest absolute Gasteiger partial charge is 0.140 e. The predicted octanol–water partition coefficient (Wildman–Crippen LogP) is 2.72. The number of aryl methyl sites for hydroxylation is 1. The zero-order valence-corrected chi connectivity index (χ0v) is 11.4. The molecule has 1 aliphatic carbocycles. The van der Waals surface area contributed by atoms with Gasteiger partial charge in [-0.15, -0.1) is 0 Å². The zero-order chi connectivity index (χ0) is 11.9. The number of nitrogens with zero attached hydrogens (tertiary/aromatic N) is 1. The molecular formula is C12H17BrN2O. The minimum Gasteiger partial charge on any atom is -0.392 e. The lowest BCUT2D eigenvalue weighted by atomic mass is 9.64. The van der Waals surface area contributed by atoms with Crippen molar-refractivity contribution >= 4 is 21.7 Å². The summed E-state index contributed by atoms with van der Waals surface area (Å²) in [5.74, 6) is 0.866. The fraction of sp³-hybridized carbons (Fsp3) is 0.583. The van der Waals surface area contributed by atoms with Crippen LogP contribution in [-0.2, 0) is 0 Å². The summed E-state index contributed by atoms with van der Waals surface area (Å²) in [4.78, 5) is 4.31. The van der Waals surface area contributed by atoms with Gasteiger partial charge in [0.25, 0.3) is 0 Å². The number of nitrogens with one attached hydrogen (secondary N) is 1. The number of aliphatic hydroxyl groups is 1. The fourth-order valence-electron chi connectivity index (χ4n) is 1.95. The van der Waals surface area contributed by atoms with E-state index in [4.69, 9.17) is 0 Å². The highest BCUT2D eigenvalue weighted by Gasteiger charge is 2.47. The van der Waals surface area contributed by atoms with Gasteiger partial charge in [-0.25, -0.2) is 4.98 Å². The monoisotopic (exact) mass is 284 g/mol. The summed E-state index contributed by atoms with van der Waals surface area (Å²) in [6.45, 7) is 6.18. The number of pyridine rings is 1. The molecule has 1 saturated carbocycles. The molecule has 0 bridgehead atoms. The van der Waals surface area contributed by atoms with Crippen LogP contribution < -0.4 is 5.32 Å². The molecule has 3 nitrogen and oxygen atoms in total. The van der Waals surface area contributed by atoms with Crippen molar-refractivity contribution in [2.45, 2.75) is 39.3 Å². The van der Waals surface area contributed by atoms with Crippen molar-refractivity contribution in [3.05, 3.63) is 22.3 Å². The standard InChI is InChI=1S/C12H17BrN2O/c1-7-4-5-14-11(10(7)13)15-8-6-9(16)12(8,2)3/h4-5,8-9,16H,6H2,1-3H3,(H,14,15). The summed E-state index contributed by atoms with van der Waals surface area (Å²) in [7, 11) is 0. The molecule has 88 valence electrons. The molecule has 2 N–H and O–H groups in total. The maximum Gasteiger partial charge on any atom is 0.140 e. The van der Waals surface area contributed by atoms with Crippen LogP contribution >= 0.6 is 15.9 Å². The van der Waals surface area contributed by atoms with Crippen molar-refractivity contribution < 1.29 is 5.11 Å². The van der Waals surface area contributed by atoms with Crippen LogP contribution in [0.1, 0.15) is 25.8 Å². The minimum absolute atomic E-state index is 0.0785. The first-order chi connectivity index (χ1) is 7.43. The Labute approximate surface area is 104 Å². The highest BCUT2D eigenvalue weighted by atomic mass is 79.9. The molecular weight excluding hydrogens is 268 g/mol. The Bertz CT molecular complexity index is 406. The summed E-state index contributed by atoms with van der Waals surface area (Å²) >= 11 is 3.53. The molecule has 2 unspecified atom stereocenters. The number of hydrogen-bond acceptors (Lipinski definition) is 3. The molecule has 4 heteroatoms. The molecule has 0 spiro atoms. The van der Waals surface area contributed by atoms with E-state index >= 15 is 0 Å². The molecule has 0 aliphatic heterocycles. The topological polar surface area (TPSA) is 45.2 Å². The number of anilines is 1. The molecule has 0 amide bonds. The van der Waals surface area contributed by atoms with Crippen molar-refractivity contribution in [1.82, 2.24) is 4.98 Å². The van der Waals surface area contributed by atoms with Crippen molar-refractivity contribution in [2.75, 3.05) is 5.32 Å². The lowest BCUT2D eigenvalue weighted by molar-refractivity contribution is -0.0511. The fourth-order valence-corrected chi connectivity index (χ4v) is 2.30. The van der Waals surface area contributed by atoms with E-state index in [1.165, 1.54) is 0 Å². The van der Waals surface area contributed by atoms with Crippen molar-refractivity contribution in [1.29, 1.82) is 0 Å². The van der Waals surface area contributed by atoms with Crippen LogP contribution in [0.3, 0.4) is 0 Å². The number of hydrogen-bond donors (Lipinski definition) is 2. The maximum absolute atomic E-state index is 9.68. The third kappa shape index (κ3) is 1.84. The molecule has 1 fully saturated rings. The average molecular weight is 285 g/mol. The Morgan fingerprint density at radius 1 is 1.56 bits per heavy atom. The van der Waals surface area contributed by atoms with Crippen molar-refractivity contribution in [3.8, 4) is 0 Å². The normalized spacial score (nSPS) is 27.3. The molecule has 16 heavy (non-hydrogen) atoms. The van der Waals surface area contributed by atoms with Gasteiger partial charge in [0.05, 0.1) is 10.6 Å². The minimum atomic E-state index is -0.214. The van der Waals surface area contributed by atoms with Gasteiger partial charge in [0, 0.05) is 17.7 Å². The van der Waals surface area contributed by atoms with E-state index in [1.807, 2.05) is 13.0 Å². The van der Waals surface area contributed by atoms with Crippen LogP contribution in [0.25, 0.3) is 0 Å². The Hall–Kier alpha value is -0.610. The molecule has 2 rings (SSSR count). The number of aromatic nitrogens is 1. The third-order valence-electron chi connectivity index (χ3n) is 3.61. The van der Waals surface area contributed by atoms with Crippen LogP contribution in [0.15, 0.2) is 16.7 Å². The molecule has 1 heterocycles. The maximum atomic E-state index is 9.68. The first kappa shape index (κ1) is 11.9. The van der Waals surface area contributed by atoms with Gasteiger partial charge in [-0.1, -0.05) is 13.8 Å². The van der Waals surface area contributed by atoms with E-state index in [2.05, 4.69) is 40.1 Å². The number of aliphatic hydroxyl groups excluding tert-OH is 1. The number of halogens is 1. The Morgan fingerprint density at radius 3 is 2.81 bits per heavy atom. The van der Waals surface area contributed by atoms with E-state index in [9.17, 15) is 5.11 Å². The Kier molecular flexibility index (Phi) is 2.97. The van der Waals surface area contributed by atoms with Gasteiger partial charge in [0.2, 0.25) is 0 Å². The average Bonchev–Trinajstić information content (AvgIpc) is 2.24. The second-order valence-electron chi connectivity index (χ2n) is 5.06. The first-order valence-corrected chi connectivity index (χ1v) is 6.28. The van der Waals surface area contributed by atoms with Crippen molar-refractivity contribution in [3.63, 3.8) is 0 Å². The van der Waals surface area contributed by atoms with Gasteiger partial charge >= 0.3 is 0 Å². The van der Waals surface area contributed by atoms with Crippen LogP contribution in [0.4, 0.5) is 5.82 Å². The summed E-state index contributed by atoms with van der Waals surface area (Å²) < 4.78 is 1.01. The van der Waals surface area contributed by atoms with Crippen LogP contribution in [0.2, 0.25) is 0 Å². The molecule has 1 aliphatic rings. The van der Waals surface area contributed by atoms with E-state index < -0.39 is 0 Å². The predicted molar refractivity (Wildman–Crippen MR) is 68.5 cm³/mol. The van der Waals surface area contributed by atoms with Gasteiger partial charge < -0.3 is 10.4 Å². The van der Waals surface area contributed by atoms with Crippen molar-refractivity contribution in [2.24, 2.45) is 5.41 Å². The Balaban J connectivity index is 2.14. The van der Waals surface area contributed by atoms with Crippen LogP contribution in [0, 0.1) is 12.3 Å². The van der Waals surface area contributed by atoms with Gasteiger partial charge in [-0.2, -0.15) is 0 Å². The Morgan fingerprint density at radius 2 is 2.25 bits per heavy atom. The van der Waals surface area contributed by atoms with Crippen LogP contribution in [0.5, 0.6) is 0 Å². The van der Waals surface area contributed by atoms with Gasteiger partial charge in [-0.05, 0) is 40.9 Å². The summed E-state index contributed by atoms with van der Waals surface area (Å²) in [5, 5.41) is 13.1. The lowest BCUT2D eigenvalue weighted by Gasteiger charge is -2.49. The van der Waals surface area contributed by atoms with Crippen LogP contribution in [-0.4, -0.2) is 22.2 Å². The first-order valence-electron chi connectivity index (χ1n) is 5.48. The molecule has 0 radical (unpaired) electrons. The quantitative estimate of drug-likeness (QED) is 0.878. The third-order valence-corrected chi connectivity index (χ3v) is 4.61. The highest BCUT2D eigenvalue weighted by Crippen LogP contribution is 2.42. The highest BCUT2D eigenvalue weighted by molar-refractivity contribution is 9.10. The SMILES string of the molecule is Cc1ccnc(NC2CC(O)C2(C)C)c1Br. The number of rotatable bonds is 2. The molecule has 1 aromatic heterocycles. The summed E-state index contributed by atoms with van der Waals surface area (Å²) in [6.07, 6.45) is 2.37. The largest absolute Gasteiger partial charge is 0.392 e. The van der Waals surface area contributed by atoms with Gasteiger partial charge in [-0.3, -0.25) is 0 Å². The van der Waals surface area contributed by atoms with Gasteiger partial charge in [0.1, 0.15) is 5.82 Å². The molecule has 0 saturated heterocycles. The second kappa shape index (κ2) is 4.00. The van der Waals surface area contributed by atoms with E-state index in [0.29, 0.717) is 0 Å². The van der Waals surface area contributed by atoms with E-state index in [0.717, 1.165) is 22.3 Å². The van der Waals surface area contributed by atoms with E-state index in [-0.39, 0.29) is 17.6 Å². The zero-order valence-electron chi connectivity index (χ0n) is 9.79. The summed E-state index contributed by atoms with van der Waals surface area (Å²) in [5.41, 5.74) is 1.08.